The molecule has 2 unspecified atom stereocenters. The number of carbonyl (C=O) groups excluding carboxylic acids is 1. The van der Waals surface area contributed by atoms with E-state index in [4.69, 9.17) is 14.2 Å². The topological polar surface area (TPSA) is 48.0 Å². The molecule has 2 rings (SSSR count). The Morgan fingerprint density at radius 2 is 2.09 bits per heavy atom. The molecule has 0 bridgehead atoms. The molecule has 5 nitrogen and oxygen atoms in total. The molecule has 124 valence electrons. The Balaban J connectivity index is 1.88. The van der Waals surface area contributed by atoms with Crippen molar-refractivity contribution in [2.75, 3.05) is 47.6 Å². The van der Waals surface area contributed by atoms with Gasteiger partial charge < -0.3 is 19.1 Å². The van der Waals surface area contributed by atoms with Gasteiger partial charge in [-0.3, -0.25) is 4.79 Å². The number of amides is 1. The summed E-state index contributed by atoms with van der Waals surface area (Å²) in [5.74, 6) is 0.147. The van der Waals surface area contributed by atoms with Crippen LogP contribution < -0.4 is 0 Å². The number of thiophene rings is 1. The maximum Gasteiger partial charge on any atom is 0.235 e. The average Bonchev–Trinajstić information content (AvgIpc) is 2.98. The highest BCUT2D eigenvalue weighted by atomic mass is 32.2. The van der Waals surface area contributed by atoms with Gasteiger partial charge in [0.1, 0.15) is 0 Å². The first-order valence-corrected chi connectivity index (χ1v) is 9.03. The highest BCUT2D eigenvalue weighted by Crippen LogP contribution is 2.45. The van der Waals surface area contributed by atoms with Gasteiger partial charge in [0.2, 0.25) is 5.91 Å². The first-order chi connectivity index (χ1) is 10.6. The maximum absolute atomic E-state index is 12.2. The van der Waals surface area contributed by atoms with E-state index in [0.717, 1.165) is 0 Å². The van der Waals surface area contributed by atoms with Gasteiger partial charge in [-0.15, -0.1) is 23.1 Å². The molecule has 0 radical (unpaired) electrons. The fourth-order valence-electron chi connectivity index (χ4n) is 2.23. The number of rotatable bonds is 8. The predicted molar refractivity (Wildman–Crippen MR) is 88.7 cm³/mol. The van der Waals surface area contributed by atoms with Gasteiger partial charge in [-0.25, -0.2) is 0 Å². The average molecular weight is 345 g/mol. The lowest BCUT2D eigenvalue weighted by atomic mass is 10.1. The summed E-state index contributed by atoms with van der Waals surface area (Å²) < 4.78 is 17.5. The van der Waals surface area contributed by atoms with Crippen molar-refractivity contribution in [3.05, 3.63) is 17.0 Å². The van der Waals surface area contributed by atoms with Crippen LogP contribution in [-0.4, -0.2) is 63.7 Å². The third kappa shape index (κ3) is 4.70. The van der Waals surface area contributed by atoms with Crippen molar-refractivity contribution < 1.29 is 19.0 Å². The summed E-state index contributed by atoms with van der Waals surface area (Å²) in [6, 6.07) is 2.10. The zero-order valence-electron chi connectivity index (χ0n) is 13.2. The van der Waals surface area contributed by atoms with Crippen LogP contribution in [-0.2, 0) is 19.0 Å². The van der Waals surface area contributed by atoms with Crippen LogP contribution in [0.4, 0.5) is 0 Å². The number of thioether (sulfide) groups is 1. The minimum Gasteiger partial charge on any atom is -0.382 e. The summed E-state index contributed by atoms with van der Waals surface area (Å²) in [6.07, 6.45) is 0.686. The second-order valence-corrected chi connectivity index (χ2v) is 7.59. The minimum absolute atomic E-state index is 0.0255. The third-order valence-corrected chi connectivity index (χ3v) is 5.81. The van der Waals surface area contributed by atoms with Crippen LogP contribution in [0.3, 0.4) is 0 Å². The number of hydrogen-bond donors (Lipinski definition) is 0. The van der Waals surface area contributed by atoms with Crippen LogP contribution in [0.2, 0.25) is 0 Å². The van der Waals surface area contributed by atoms with Crippen LogP contribution in [0, 0.1) is 0 Å². The molecule has 0 N–H and O–H groups in total. The van der Waals surface area contributed by atoms with Crippen molar-refractivity contribution in [3.8, 4) is 0 Å². The smallest absolute Gasteiger partial charge is 0.235 e. The van der Waals surface area contributed by atoms with Crippen molar-refractivity contribution in [2.45, 2.75) is 22.0 Å². The molecule has 2 heterocycles. The van der Waals surface area contributed by atoms with E-state index in [1.54, 1.807) is 49.2 Å². The van der Waals surface area contributed by atoms with E-state index in [0.29, 0.717) is 32.8 Å². The Morgan fingerprint density at radius 3 is 2.82 bits per heavy atom. The van der Waals surface area contributed by atoms with Gasteiger partial charge in [0.15, 0.2) is 0 Å². The van der Waals surface area contributed by atoms with Gasteiger partial charge in [0.25, 0.3) is 0 Å². The molecule has 1 aliphatic rings. The van der Waals surface area contributed by atoms with Gasteiger partial charge in [-0.2, -0.15) is 0 Å². The van der Waals surface area contributed by atoms with Gasteiger partial charge in [-0.1, -0.05) is 0 Å². The molecule has 1 amide bonds. The summed E-state index contributed by atoms with van der Waals surface area (Å²) >= 11 is 3.33. The molecule has 0 aromatic carbocycles. The SMILES string of the molecule is COCCOCCOC1CC(C(=O)N(C)C)Sc2sccc21. The Morgan fingerprint density at radius 1 is 1.32 bits per heavy atom. The van der Waals surface area contributed by atoms with E-state index >= 15 is 0 Å². The predicted octanol–water partition coefficient (Wildman–Crippen LogP) is 2.42. The van der Waals surface area contributed by atoms with E-state index in [9.17, 15) is 4.79 Å². The van der Waals surface area contributed by atoms with Crippen LogP contribution in [0.1, 0.15) is 18.1 Å². The second-order valence-electron chi connectivity index (χ2n) is 5.20. The molecular formula is C15H23NO4S2. The molecule has 1 aromatic heterocycles. The zero-order valence-corrected chi connectivity index (χ0v) is 14.9. The van der Waals surface area contributed by atoms with Crippen LogP contribution >= 0.6 is 23.1 Å². The summed E-state index contributed by atoms with van der Waals surface area (Å²) in [7, 11) is 5.25. The molecule has 1 aromatic rings. The van der Waals surface area contributed by atoms with Gasteiger partial charge in [-0.05, 0) is 17.9 Å². The molecule has 22 heavy (non-hydrogen) atoms. The van der Waals surface area contributed by atoms with E-state index in [1.807, 2.05) is 0 Å². The quantitative estimate of drug-likeness (QED) is 0.677. The van der Waals surface area contributed by atoms with Crippen molar-refractivity contribution in [1.29, 1.82) is 0 Å². The normalized spacial score (nSPS) is 20.7. The van der Waals surface area contributed by atoms with Crippen molar-refractivity contribution >= 4 is 29.0 Å². The van der Waals surface area contributed by atoms with Crippen LogP contribution in [0.15, 0.2) is 15.7 Å². The van der Waals surface area contributed by atoms with E-state index in [1.165, 1.54) is 9.77 Å². The number of fused-ring (bicyclic) bond motifs is 1. The van der Waals surface area contributed by atoms with Gasteiger partial charge in [0, 0.05) is 26.8 Å². The fraction of sp³-hybridized carbons (Fsp3) is 0.667. The third-order valence-electron chi connectivity index (χ3n) is 3.38. The van der Waals surface area contributed by atoms with Gasteiger partial charge >= 0.3 is 0 Å². The lowest BCUT2D eigenvalue weighted by Gasteiger charge is -2.29. The lowest BCUT2D eigenvalue weighted by molar-refractivity contribution is -0.129. The van der Waals surface area contributed by atoms with E-state index in [2.05, 4.69) is 11.4 Å². The van der Waals surface area contributed by atoms with Crippen molar-refractivity contribution in [3.63, 3.8) is 0 Å². The molecule has 0 fully saturated rings. The van der Waals surface area contributed by atoms with Crippen molar-refractivity contribution in [1.82, 2.24) is 4.90 Å². The molecule has 0 saturated heterocycles. The Bertz CT molecular complexity index is 478. The maximum atomic E-state index is 12.2. The monoisotopic (exact) mass is 345 g/mol. The van der Waals surface area contributed by atoms with Crippen molar-refractivity contribution in [2.24, 2.45) is 0 Å². The molecule has 0 aliphatic carbocycles. The largest absolute Gasteiger partial charge is 0.382 e. The first-order valence-electron chi connectivity index (χ1n) is 7.27. The Kier molecular flexibility index (Phi) is 7.17. The zero-order chi connectivity index (χ0) is 15.9. The Labute approximate surface area is 139 Å². The second kappa shape index (κ2) is 8.88. The molecule has 2 atom stereocenters. The molecule has 0 saturated carbocycles. The van der Waals surface area contributed by atoms with E-state index < -0.39 is 0 Å². The summed E-state index contributed by atoms with van der Waals surface area (Å²) in [5, 5.41) is 1.99. The van der Waals surface area contributed by atoms with Crippen LogP contribution in [0.5, 0.6) is 0 Å². The number of nitrogens with zero attached hydrogens (tertiary/aromatic N) is 1. The number of methoxy groups -OCH3 is 1. The summed E-state index contributed by atoms with van der Waals surface area (Å²) in [4.78, 5) is 13.9. The Hall–Kier alpha value is -0.600. The summed E-state index contributed by atoms with van der Waals surface area (Å²) in [6.45, 7) is 2.23. The minimum atomic E-state index is -0.0689. The van der Waals surface area contributed by atoms with E-state index in [-0.39, 0.29) is 17.3 Å². The number of hydrogen-bond acceptors (Lipinski definition) is 6. The number of ether oxygens (including phenoxy) is 3. The highest BCUT2D eigenvalue weighted by molar-refractivity contribution is 8.02. The van der Waals surface area contributed by atoms with Gasteiger partial charge in [0.05, 0.1) is 42.0 Å². The number of carbonyl (C=O) groups is 1. The standard InChI is InChI=1S/C15H23NO4S2/c1-16(2)14(17)13-10-12(11-4-9-21-15(11)22-13)20-8-7-19-6-5-18-3/h4,9,12-13H,5-8,10H2,1-3H3. The fourth-order valence-corrected chi connectivity index (χ4v) is 4.82. The van der Waals surface area contributed by atoms with Crippen LogP contribution in [0.25, 0.3) is 0 Å². The highest BCUT2D eigenvalue weighted by Gasteiger charge is 2.34. The molecular weight excluding hydrogens is 322 g/mol. The molecule has 7 heteroatoms. The molecule has 1 aliphatic heterocycles. The molecule has 0 spiro atoms. The summed E-state index contributed by atoms with van der Waals surface area (Å²) in [5.41, 5.74) is 1.20. The lowest BCUT2D eigenvalue weighted by Crippen LogP contribution is -2.34. The first kappa shape index (κ1) is 17.7.